The molecule has 0 saturated heterocycles. The van der Waals surface area contributed by atoms with E-state index in [0.29, 0.717) is 12.6 Å². The molecule has 0 unspecified atom stereocenters. The SMILES string of the molecule is CC(C)Cc1nccn1COCC[Si](C)(C)C. The molecule has 0 amide bonds. The second-order valence-electron chi connectivity index (χ2n) is 6.26. The van der Waals surface area contributed by atoms with Crippen molar-refractivity contribution in [1.82, 2.24) is 9.55 Å². The number of nitrogens with zero attached hydrogens (tertiary/aromatic N) is 2. The highest BCUT2D eigenvalue weighted by Crippen LogP contribution is 2.09. The molecule has 0 bridgehead atoms. The normalized spacial score (nSPS) is 12.4. The predicted octanol–water partition coefficient (Wildman–Crippen LogP) is 3.39. The smallest absolute Gasteiger partial charge is 0.123 e. The molecule has 1 aromatic heterocycles. The van der Waals surface area contributed by atoms with Crippen molar-refractivity contribution in [1.29, 1.82) is 0 Å². The Balaban J connectivity index is 2.34. The van der Waals surface area contributed by atoms with Crippen LogP contribution in [-0.2, 0) is 17.9 Å². The van der Waals surface area contributed by atoms with Gasteiger partial charge in [-0.1, -0.05) is 33.5 Å². The number of hydrogen-bond acceptors (Lipinski definition) is 2. The van der Waals surface area contributed by atoms with Crippen LogP contribution in [0.25, 0.3) is 0 Å². The third-order valence-corrected chi connectivity index (χ3v) is 4.32. The Labute approximate surface area is 106 Å². The number of aromatic nitrogens is 2. The summed E-state index contributed by atoms with van der Waals surface area (Å²) in [5.74, 6) is 1.77. The summed E-state index contributed by atoms with van der Waals surface area (Å²) in [6.07, 6.45) is 4.89. The molecule has 0 fully saturated rings. The molecule has 0 aromatic carbocycles. The summed E-state index contributed by atoms with van der Waals surface area (Å²) in [5, 5.41) is 0. The van der Waals surface area contributed by atoms with E-state index in [1.807, 2.05) is 12.4 Å². The fourth-order valence-corrected chi connectivity index (χ4v) is 2.31. The van der Waals surface area contributed by atoms with E-state index in [0.717, 1.165) is 18.9 Å². The zero-order valence-corrected chi connectivity index (χ0v) is 12.9. The lowest BCUT2D eigenvalue weighted by atomic mass is 10.1. The van der Waals surface area contributed by atoms with Crippen LogP contribution in [0, 0.1) is 5.92 Å². The minimum absolute atomic E-state index is 0.637. The topological polar surface area (TPSA) is 27.1 Å². The number of hydrogen-bond donors (Lipinski definition) is 0. The zero-order chi connectivity index (χ0) is 12.9. The van der Waals surface area contributed by atoms with Gasteiger partial charge in [-0.3, -0.25) is 0 Å². The highest BCUT2D eigenvalue weighted by atomic mass is 28.3. The average molecular weight is 254 g/mol. The van der Waals surface area contributed by atoms with Gasteiger partial charge in [0.1, 0.15) is 12.6 Å². The van der Waals surface area contributed by atoms with E-state index < -0.39 is 8.07 Å². The molecular formula is C13H26N2OSi. The maximum absolute atomic E-state index is 5.73. The highest BCUT2D eigenvalue weighted by Gasteiger charge is 2.12. The van der Waals surface area contributed by atoms with Gasteiger partial charge in [0, 0.05) is 33.5 Å². The second-order valence-corrected chi connectivity index (χ2v) is 11.9. The minimum Gasteiger partial charge on any atom is -0.361 e. The van der Waals surface area contributed by atoms with Crippen molar-refractivity contribution in [3.63, 3.8) is 0 Å². The summed E-state index contributed by atoms with van der Waals surface area (Å²) in [6, 6.07) is 1.22. The van der Waals surface area contributed by atoms with Crippen LogP contribution in [0.3, 0.4) is 0 Å². The Hall–Kier alpha value is -0.613. The van der Waals surface area contributed by atoms with Gasteiger partial charge in [0.25, 0.3) is 0 Å². The molecule has 0 N–H and O–H groups in total. The van der Waals surface area contributed by atoms with Crippen molar-refractivity contribution in [3.05, 3.63) is 18.2 Å². The van der Waals surface area contributed by atoms with Crippen molar-refractivity contribution in [3.8, 4) is 0 Å². The summed E-state index contributed by atoms with van der Waals surface area (Å²) in [7, 11) is -0.969. The van der Waals surface area contributed by atoms with Crippen molar-refractivity contribution in [2.24, 2.45) is 5.92 Å². The predicted molar refractivity (Wildman–Crippen MR) is 74.9 cm³/mol. The highest BCUT2D eigenvalue weighted by molar-refractivity contribution is 6.76. The van der Waals surface area contributed by atoms with Crippen LogP contribution in [0.1, 0.15) is 19.7 Å². The van der Waals surface area contributed by atoms with Crippen molar-refractivity contribution < 1.29 is 4.74 Å². The lowest BCUT2D eigenvalue weighted by Crippen LogP contribution is -2.22. The molecule has 0 aliphatic rings. The van der Waals surface area contributed by atoms with E-state index in [1.54, 1.807) is 0 Å². The summed E-state index contributed by atoms with van der Waals surface area (Å²) in [5.41, 5.74) is 0. The van der Waals surface area contributed by atoms with Crippen molar-refractivity contribution >= 4 is 8.07 Å². The third-order valence-electron chi connectivity index (χ3n) is 2.62. The maximum Gasteiger partial charge on any atom is 0.123 e. The first-order chi connectivity index (χ1) is 7.88. The van der Waals surface area contributed by atoms with Crippen LogP contribution in [0.5, 0.6) is 0 Å². The van der Waals surface area contributed by atoms with Gasteiger partial charge in [0.05, 0.1) is 0 Å². The molecule has 0 atom stereocenters. The van der Waals surface area contributed by atoms with Crippen molar-refractivity contribution in [2.45, 2.75) is 52.7 Å². The third kappa shape index (κ3) is 6.03. The van der Waals surface area contributed by atoms with Crippen LogP contribution in [-0.4, -0.2) is 24.2 Å². The van der Waals surface area contributed by atoms with Gasteiger partial charge < -0.3 is 9.30 Å². The van der Waals surface area contributed by atoms with E-state index in [-0.39, 0.29) is 0 Å². The molecule has 1 aromatic rings. The Morgan fingerprint density at radius 2 is 2.06 bits per heavy atom. The standard InChI is InChI=1S/C13H26N2OSi/c1-12(2)10-13-14-6-7-15(13)11-16-8-9-17(3,4)5/h6-7,12H,8-11H2,1-5H3. The van der Waals surface area contributed by atoms with Crippen LogP contribution < -0.4 is 0 Å². The summed E-state index contributed by atoms with van der Waals surface area (Å²) < 4.78 is 7.85. The van der Waals surface area contributed by atoms with Gasteiger partial charge in [-0.15, -0.1) is 0 Å². The van der Waals surface area contributed by atoms with E-state index in [4.69, 9.17) is 4.74 Å². The Morgan fingerprint density at radius 1 is 1.35 bits per heavy atom. The number of imidazole rings is 1. The van der Waals surface area contributed by atoms with E-state index in [2.05, 4.69) is 43.0 Å². The molecule has 0 spiro atoms. The summed E-state index contributed by atoms with van der Waals surface area (Å²) in [6.45, 7) is 13.1. The summed E-state index contributed by atoms with van der Waals surface area (Å²) in [4.78, 5) is 4.38. The molecule has 0 aliphatic carbocycles. The van der Waals surface area contributed by atoms with Crippen LogP contribution >= 0.6 is 0 Å². The van der Waals surface area contributed by atoms with Gasteiger partial charge in [-0.25, -0.2) is 4.98 Å². The monoisotopic (exact) mass is 254 g/mol. The number of rotatable bonds is 7. The van der Waals surface area contributed by atoms with Gasteiger partial charge >= 0.3 is 0 Å². The van der Waals surface area contributed by atoms with Gasteiger partial charge in [0.15, 0.2) is 0 Å². The first-order valence-electron chi connectivity index (χ1n) is 6.46. The molecule has 98 valence electrons. The molecule has 0 radical (unpaired) electrons. The lowest BCUT2D eigenvalue weighted by Gasteiger charge is -2.16. The number of ether oxygens (including phenoxy) is 1. The lowest BCUT2D eigenvalue weighted by molar-refractivity contribution is 0.0848. The zero-order valence-electron chi connectivity index (χ0n) is 11.9. The van der Waals surface area contributed by atoms with Crippen LogP contribution in [0.15, 0.2) is 12.4 Å². The average Bonchev–Trinajstić information content (AvgIpc) is 2.58. The largest absolute Gasteiger partial charge is 0.361 e. The van der Waals surface area contributed by atoms with Crippen LogP contribution in [0.2, 0.25) is 25.7 Å². The van der Waals surface area contributed by atoms with E-state index in [1.165, 1.54) is 6.04 Å². The van der Waals surface area contributed by atoms with Gasteiger partial charge in [-0.2, -0.15) is 0 Å². The summed E-state index contributed by atoms with van der Waals surface area (Å²) >= 11 is 0. The molecule has 3 nitrogen and oxygen atoms in total. The van der Waals surface area contributed by atoms with Crippen molar-refractivity contribution in [2.75, 3.05) is 6.61 Å². The van der Waals surface area contributed by atoms with Crippen LogP contribution in [0.4, 0.5) is 0 Å². The molecule has 0 saturated carbocycles. The van der Waals surface area contributed by atoms with E-state index >= 15 is 0 Å². The molecule has 1 rings (SSSR count). The Kier molecular flexibility index (Phi) is 5.40. The molecule has 4 heteroatoms. The maximum atomic E-state index is 5.73. The Morgan fingerprint density at radius 3 is 2.65 bits per heavy atom. The first-order valence-corrected chi connectivity index (χ1v) is 10.2. The fraction of sp³-hybridized carbons (Fsp3) is 0.769. The quantitative estimate of drug-likeness (QED) is 0.551. The first kappa shape index (κ1) is 14.4. The van der Waals surface area contributed by atoms with E-state index in [9.17, 15) is 0 Å². The molecule has 0 aliphatic heterocycles. The Bertz CT molecular complexity index is 328. The minimum atomic E-state index is -0.969. The molecule has 17 heavy (non-hydrogen) atoms. The van der Waals surface area contributed by atoms with Gasteiger partial charge in [-0.05, 0) is 12.0 Å². The molecule has 1 heterocycles. The molecular weight excluding hydrogens is 228 g/mol. The fourth-order valence-electron chi connectivity index (χ4n) is 1.55. The second kappa shape index (κ2) is 6.35. The van der Waals surface area contributed by atoms with Gasteiger partial charge in [0.2, 0.25) is 0 Å².